The van der Waals surface area contributed by atoms with E-state index in [4.69, 9.17) is 16.2 Å². The highest BCUT2D eigenvalue weighted by Gasteiger charge is 2.53. The Morgan fingerprint density at radius 3 is 2.50 bits per heavy atom. The van der Waals surface area contributed by atoms with Gasteiger partial charge in [0.15, 0.2) is 12.3 Å². The van der Waals surface area contributed by atoms with E-state index in [1.54, 1.807) is 11.9 Å². The van der Waals surface area contributed by atoms with E-state index in [1.165, 1.54) is 0 Å². The number of likely N-dealkylation sites (tertiary alicyclic amines) is 1. The maximum atomic E-state index is 15.4. The summed E-state index contributed by atoms with van der Waals surface area (Å²) in [7, 11) is 1.73. The van der Waals surface area contributed by atoms with Crippen molar-refractivity contribution in [3.8, 4) is 0 Å². The van der Waals surface area contributed by atoms with Crippen molar-refractivity contribution in [1.82, 2.24) is 25.8 Å². The van der Waals surface area contributed by atoms with E-state index >= 15 is 4.39 Å². The van der Waals surface area contributed by atoms with Gasteiger partial charge in [0.1, 0.15) is 24.2 Å². The van der Waals surface area contributed by atoms with Crippen molar-refractivity contribution in [3.05, 3.63) is 0 Å². The summed E-state index contributed by atoms with van der Waals surface area (Å²) in [4.78, 5) is 29.4. The van der Waals surface area contributed by atoms with Gasteiger partial charge in [0.05, 0.1) is 37.9 Å². The SMILES string of the molecule is CN1CC2(CCN(C3C(F)CNCC3NC(=O)C(C(N)N)C3NCC(F)C[N+]34CCCCC4)CC2)OC1=O. The third-order valence-electron chi connectivity index (χ3n) is 9.55. The summed E-state index contributed by atoms with van der Waals surface area (Å²) >= 11 is 0. The minimum atomic E-state index is -1.18. The van der Waals surface area contributed by atoms with Crippen LogP contribution in [0.5, 0.6) is 0 Å². The Morgan fingerprint density at radius 1 is 1.16 bits per heavy atom. The number of nitrogens with two attached hydrogens (primary N) is 2. The van der Waals surface area contributed by atoms with Crippen LogP contribution < -0.4 is 27.4 Å². The second-order valence-electron chi connectivity index (χ2n) is 12.2. The molecule has 5 fully saturated rings. The number of ether oxygens (including phenoxy) is 1. The van der Waals surface area contributed by atoms with Gasteiger partial charge in [0.25, 0.3) is 0 Å². The number of carbonyl (C=O) groups excluding carboxylic acids is 2. The molecular weight excluding hydrogens is 498 g/mol. The Labute approximate surface area is 223 Å². The highest BCUT2D eigenvalue weighted by molar-refractivity contribution is 5.80. The van der Waals surface area contributed by atoms with Crippen LogP contribution in [0.2, 0.25) is 0 Å². The Bertz CT molecular complexity index is 868. The number of rotatable bonds is 5. The number of halogens is 2. The van der Waals surface area contributed by atoms with Crippen molar-refractivity contribution in [3.63, 3.8) is 0 Å². The van der Waals surface area contributed by atoms with Crippen molar-refractivity contribution in [2.24, 2.45) is 17.4 Å². The third kappa shape index (κ3) is 5.37. The molecule has 5 rings (SSSR count). The molecule has 0 bridgehead atoms. The molecule has 5 aliphatic heterocycles. The second-order valence-corrected chi connectivity index (χ2v) is 12.2. The zero-order valence-corrected chi connectivity index (χ0v) is 22.4. The second kappa shape index (κ2) is 11.1. The Kier molecular flexibility index (Phi) is 8.14. The smallest absolute Gasteiger partial charge is 0.410 e. The van der Waals surface area contributed by atoms with Crippen molar-refractivity contribution in [2.75, 3.05) is 66.0 Å². The van der Waals surface area contributed by atoms with E-state index in [0.29, 0.717) is 50.0 Å². The average Bonchev–Trinajstić information content (AvgIpc) is 3.14. The summed E-state index contributed by atoms with van der Waals surface area (Å²) in [5.41, 5.74) is 11.9. The van der Waals surface area contributed by atoms with Gasteiger partial charge in [-0.3, -0.25) is 15.0 Å². The molecule has 13 heteroatoms. The van der Waals surface area contributed by atoms with Crippen LogP contribution >= 0.6 is 0 Å². The molecule has 2 amide bonds. The first-order valence-electron chi connectivity index (χ1n) is 14.2. The maximum Gasteiger partial charge on any atom is 0.410 e. The van der Waals surface area contributed by atoms with Gasteiger partial charge >= 0.3 is 6.09 Å². The summed E-state index contributed by atoms with van der Waals surface area (Å²) < 4.78 is 36.1. The molecular formula is C25H45F2N8O3+. The van der Waals surface area contributed by atoms with Crippen LogP contribution in [0.15, 0.2) is 0 Å². The van der Waals surface area contributed by atoms with E-state index in [2.05, 4.69) is 20.9 Å². The zero-order valence-electron chi connectivity index (χ0n) is 22.4. The largest absolute Gasteiger partial charge is 0.441 e. The van der Waals surface area contributed by atoms with Crippen molar-refractivity contribution < 1.29 is 27.6 Å². The molecule has 0 aromatic carbocycles. The number of quaternary nitrogens is 1. The first kappa shape index (κ1) is 27.9. The fourth-order valence-corrected chi connectivity index (χ4v) is 7.66. The van der Waals surface area contributed by atoms with Crippen LogP contribution in [0.25, 0.3) is 0 Å². The van der Waals surface area contributed by atoms with Crippen molar-refractivity contribution in [2.45, 2.75) is 74.5 Å². The molecule has 0 aliphatic carbocycles. The monoisotopic (exact) mass is 543 g/mol. The first-order chi connectivity index (χ1) is 18.1. The quantitative estimate of drug-likeness (QED) is 0.216. The third-order valence-corrected chi connectivity index (χ3v) is 9.55. The lowest BCUT2D eigenvalue weighted by Crippen LogP contribution is -2.76. The molecule has 38 heavy (non-hydrogen) atoms. The molecule has 5 aliphatic rings. The van der Waals surface area contributed by atoms with E-state index in [0.717, 1.165) is 32.4 Å². The molecule has 6 unspecified atom stereocenters. The van der Waals surface area contributed by atoms with Crippen LogP contribution in [0, 0.1) is 5.92 Å². The van der Waals surface area contributed by atoms with Gasteiger partial charge in [-0.1, -0.05) is 0 Å². The van der Waals surface area contributed by atoms with Crippen LogP contribution in [0.1, 0.15) is 32.1 Å². The highest BCUT2D eigenvalue weighted by atomic mass is 19.1. The number of hydrogen-bond donors (Lipinski definition) is 5. The predicted octanol–water partition coefficient (Wildman–Crippen LogP) is -1.17. The van der Waals surface area contributed by atoms with Crippen LogP contribution in [0.4, 0.5) is 13.6 Å². The molecule has 7 N–H and O–H groups in total. The van der Waals surface area contributed by atoms with Gasteiger partial charge in [0, 0.05) is 52.6 Å². The molecule has 0 saturated carbocycles. The molecule has 216 valence electrons. The molecule has 2 spiro atoms. The van der Waals surface area contributed by atoms with Gasteiger partial charge < -0.3 is 36.2 Å². The fourth-order valence-electron chi connectivity index (χ4n) is 7.66. The summed E-state index contributed by atoms with van der Waals surface area (Å²) in [5.74, 6) is -1.09. The Balaban J connectivity index is 1.29. The molecule has 0 aromatic rings. The first-order valence-corrected chi connectivity index (χ1v) is 14.2. The number of alkyl halides is 2. The van der Waals surface area contributed by atoms with E-state index < -0.39 is 42.1 Å². The summed E-state index contributed by atoms with van der Waals surface area (Å²) in [6, 6.07) is -1.00. The van der Waals surface area contributed by atoms with E-state index in [1.807, 2.05) is 0 Å². The number of likely N-dealkylation sites (N-methyl/N-ethyl adjacent to an activating group) is 1. The standard InChI is InChI=1S/C25H44F2N8O3/c1-33-15-25(38-24(33)37)5-7-34(8-6-25)20-17(27)12-30-13-18(20)32-23(36)19(21(28)29)22-31-11-16(26)14-35(22)9-3-2-4-10-35/h16-22,30-31H,2-15,28-29H2,1H3/p+1. The van der Waals surface area contributed by atoms with Gasteiger partial charge in [-0.05, 0) is 19.3 Å². The normalized spacial score (nSPS) is 36.4. The molecule has 0 aromatic heterocycles. The molecule has 6 atom stereocenters. The van der Waals surface area contributed by atoms with Gasteiger partial charge in [0.2, 0.25) is 5.91 Å². The highest BCUT2D eigenvalue weighted by Crippen LogP contribution is 2.35. The van der Waals surface area contributed by atoms with Crippen LogP contribution in [-0.2, 0) is 9.53 Å². The van der Waals surface area contributed by atoms with E-state index in [9.17, 15) is 14.0 Å². The Hall–Kier alpha value is -1.64. The molecule has 11 nitrogen and oxygen atoms in total. The predicted molar refractivity (Wildman–Crippen MR) is 137 cm³/mol. The van der Waals surface area contributed by atoms with Gasteiger partial charge in [-0.2, -0.15) is 0 Å². The Morgan fingerprint density at radius 2 is 1.87 bits per heavy atom. The number of carbonyl (C=O) groups is 2. The number of hydrogen-bond acceptors (Lipinski definition) is 8. The zero-order chi connectivity index (χ0) is 27.1. The van der Waals surface area contributed by atoms with Gasteiger partial charge in [-0.15, -0.1) is 0 Å². The number of piperidine rings is 3. The number of nitrogens with one attached hydrogen (secondary N) is 3. The number of nitrogens with zero attached hydrogens (tertiary/aromatic N) is 3. The van der Waals surface area contributed by atoms with Crippen LogP contribution in [0.3, 0.4) is 0 Å². The summed E-state index contributed by atoms with van der Waals surface area (Å²) in [6.45, 7) is 4.39. The lowest BCUT2D eigenvalue weighted by molar-refractivity contribution is -0.967. The van der Waals surface area contributed by atoms with E-state index in [-0.39, 0.29) is 31.3 Å². The molecule has 0 radical (unpaired) electrons. The molecule has 5 heterocycles. The lowest BCUT2D eigenvalue weighted by atomic mass is 9.87. The van der Waals surface area contributed by atoms with Crippen molar-refractivity contribution >= 4 is 12.0 Å². The van der Waals surface area contributed by atoms with Gasteiger partial charge in [-0.25, -0.2) is 13.6 Å². The summed E-state index contributed by atoms with van der Waals surface area (Å²) in [6.07, 6.45) is 0.461. The molecule has 5 saturated heterocycles. The maximum absolute atomic E-state index is 15.4. The minimum absolute atomic E-state index is 0.163. The number of amides is 2. The van der Waals surface area contributed by atoms with Crippen LogP contribution in [-0.4, -0.2) is 135 Å². The lowest BCUT2D eigenvalue weighted by Gasteiger charge is -2.53. The average molecular weight is 544 g/mol. The summed E-state index contributed by atoms with van der Waals surface area (Å²) in [5, 5.41) is 9.49. The fraction of sp³-hybridized carbons (Fsp3) is 0.920. The van der Waals surface area contributed by atoms with Crippen molar-refractivity contribution in [1.29, 1.82) is 0 Å². The topological polar surface area (TPSA) is 138 Å². The minimum Gasteiger partial charge on any atom is -0.441 e.